The van der Waals surface area contributed by atoms with E-state index in [1.165, 1.54) is 0 Å². The summed E-state index contributed by atoms with van der Waals surface area (Å²) in [5.74, 6) is -1.80. The van der Waals surface area contributed by atoms with Crippen molar-refractivity contribution in [3.05, 3.63) is 71.5 Å². The van der Waals surface area contributed by atoms with Gasteiger partial charge < -0.3 is 14.2 Å². The van der Waals surface area contributed by atoms with Gasteiger partial charge in [-0.05, 0) is 48.5 Å². The Morgan fingerprint density at radius 3 is 1.59 bits per heavy atom. The van der Waals surface area contributed by atoms with Crippen LogP contribution in [-0.4, -0.2) is 23.0 Å². The molecule has 12 heteroatoms. The normalized spacial score (nSPS) is 11.7. The lowest BCUT2D eigenvalue weighted by atomic mass is 10.2. The number of hydrogen-bond acceptors (Lipinski definition) is 6. The van der Waals surface area contributed by atoms with Crippen LogP contribution in [-0.2, 0) is 17.1 Å². The first-order chi connectivity index (χ1) is 15.0. The van der Waals surface area contributed by atoms with Crippen LogP contribution >= 0.6 is 0 Å². The number of carbonyl (C=O) groups is 1. The minimum Gasteiger partial charge on any atom is -0.464 e. The molecule has 0 amide bonds. The number of esters is 1. The van der Waals surface area contributed by atoms with Crippen LogP contribution in [0.4, 0.5) is 26.3 Å². The predicted octanol–water partition coefficient (Wildman–Crippen LogP) is 5.89. The number of halogens is 6. The quantitative estimate of drug-likeness (QED) is 0.351. The highest BCUT2D eigenvalue weighted by molar-refractivity contribution is 5.87. The molecule has 0 saturated heterocycles. The zero-order chi connectivity index (χ0) is 23.5. The number of ether oxygens (including phenoxy) is 3. The highest BCUT2D eigenvalue weighted by Gasteiger charge is 2.31. The van der Waals surface area contributed by atoms with Crippen LogP contribution in [0.15, 0.2) is 54.7 Å². The molecule has 2 aromatic carbocycles. The predicted molar refractivity (Wildman–Crippen MR) is 96.4 cm³/mol. The fourth-order valence-electron chi connectivity index (χ4n) is 2.35. The molecule has 0 aliphatic carbocycles. The van der Waals surface area contributed by atoms with E-state index >= 15 is 0 Å². The van der Waals surface area contributed by atoms with Crippen molar-refractivity contribution in [2.24, 2.45) is 0 Å². The molecule has 0 saturated carbocycles. The molecule has 0 unspecified atom stereocenters. The van der Waals surface area contributed by atoms with Gasteiger partial charge in [0.1, 0.15) is 11.5 Å². The lowest BCUT2D eigenvalue weighted by molar-refractivity contribution is -0.138. The summed E-state index contributed by atoms with van der Waals surface area (Å²) in [4.78, 5) is 19.5. The number of rotatable bonds is 5. The van der Waals surface area contributed by atoms with Crippen LogP contribution < -0.4 is 9.47 Å². The van der Waals surface area contributed by atoms with Gasteiger partial charge in [-0.15, -0.1) is 0 Å². The number of aromatic nitrogens is 2. The Morgan fingerprint density at radius 1 is 0.750 bits per heavy atom. The van der Waals surface area contributed by atoms with Gasteiger partial charge in [0, 0.05) is 0 Å². The summed E-state index contributed by atoms with van der Waals surface area (Å²) in [5, 5.41) is 0. The van der Waals surface area contributed by atoms with Crippen LogP contribution in [0.1, 0.15) is 21.6 Å². The molecule has 0 bridgehead atoms. The van der Waals surface area contributed by atoms with E-state index in [0.717, 1.165) is 61.8 Å². The smallest absolute Gasteiger partial charge is 0.416 e. The van der Waals surface area contributed by atoms with E-state index in [0.29, 0.717) is 0 Å². The van der Waals surface area contributed by atoms with Gasteiger partial charge in [-0.1, -0.05) is 0 Å². The second kappa shape index (κ2) is 8.73. The van der Waals surface area contributed by atoms with Crippen molar-refractivity contribution in [3.63, 3.8) is 0 Å². The zero-order valence-corrected chi connectivity index (χ0v) is 16.0. The van der Waals surface area contributed by atoms with Gasteiger partial charge in [0.25, 0.3) is 11.8 Å². The van der Waals surface area contributed by atoms with E-state index in [9.17, 15) is 31.1 Å². The van der Waals surface area contributed by atoms with Crippen LogP contribution in [0.5, 0.6) is 23.3 Å². The molecule has 3 aromatic rings. The second-order valence-electron chi connectivity index (χ2n) is 6.11. The fraction of sp³-hybridized carbons (Fsp3) is 0.150. The second-order valence-corrected chi connectivity index (χ2v) is 6.11. The van der Waals surface area contributed by atoms with Crippen molar-refractivity contribution >= 4 is 5.97 Å². The molecule has 0 radical (unpaired) electrons. The monoisotopic (exact) mass is 458 g/mol. The van der Waals surface area contributed by atoms with Crippen molar-refractivity contribution < 1.29 is 45.3 Å². The highest BCUT2D eigenvalue weighted by atomic mass is 19.4. The van der Waals surface area contributed by atoms with E-state index < -0.39 is 35.3 Å². The molecule has 0 spiro atoms. The maximum atomic E-state index is 12.7. The third-order valence-corrected chi connectivity index (χ3v) is 3.90. The number of benzene rings is 2. The van der Waals surface area contributed by atoms with Gasteiger partial charge in [0.15, 0.2) is 5.69 Å². The van der Waals surface area contributed by atoms with Crippen LogP contribution in [0.25, 0.3) is 0 Å². The summed E-state index contributed by atoms with van der Waals surface area (Å²) < 4.78 is 91.7. The topological polar surface area (TPSA) is 70.5 Å². The van der Waals surface area contributed by atoms with Gasteiger partial charge >= 0.3 is 18.3 Å². The first kappa shape index (κ1) is 22.8. The third-order valence-electron chi connectivity index (χ3n) is 3.90. The number of hydrogen-bond donors (Lipinski definition) is 0. The molecule has 0 aliphatic rings. The minimum atomic E-state index is -4.56. The number of carbonyl (C=O) groups excluding carboxylic acids is 1. The Morgan fingerprint density at radius 2 is 1.19 bits per heavy atom. The molecule has 1 heterocycles. The van der Waals surface area contributed by atoms with Gasteiger partial charge in [-0.3, -0.25) is 0 Å². The van der Waals surface area contributed by atoms with Crippen molar-refractivity contribution in [3.8, 4) is 23.3 Å². The molecular formula is C20H12F6N2O4. The van der Waals surface area contributed by atoms with Crippen LogP contribution in [0.2, 0.25) is 0 Å². The van der Waals surface area contributed by atoms with E-state index in [2.05, 4.69) is 14.7 Å². The van der Waals surface area contributed by atoms with Crippen LogP contribution in [0.3, 0.4) is 0 Å². The Balaban J connectivity index is 1.91. The summed E-state index contributed by atoms with van der Waals surface area (Å²) in [6, 6.07) is 7.17. The number of alkyl halides is 6. The summed E-state index contributed by atoms with van der Waals surface area (Å²) in [6.07, 6.45) is -8.12. The fourth-order valence-corrected chi connectivity index (χ4v) is 2.35. The average Bonchev–Trinajstić information content (AvgIpc) is 2.74. The Labute approximate surface area is 176 Å². The molecule has 0 aliphatic heterocycles. The zero-order valence-electron chi connectivity index (χ0n) is 16.0. The molecule has 6 nitrogen and oxygen atoms in total. The molecule has 3 rings (SSSR count). The van der Waals surface area contributed by atoms with Gasteiger partial charge in [0.2, 0.25) is 0 Å². The third kappa shape index (κ3) is 5.45. The maximum Gasteiger partial charge on any atom is 0.416 e. The van der Waals surface area contributed by atoms with Crippen molar-refractivity contribution in [1.29, 1.82) is 0 Å². The lowest BCUT2D eigenvalue weighted by Crippen LogP contribution is -2.07. The van der Waals surface area contributed by atoms with E-state index in [1.54, 1.807) is 0 Å². The van der Waals surface area contributed by atoms with E-state index in [4.69, 9.17) is 9.47 Å². The van der Waals surface area contributed by atoms with Crippen LogP contribution in [0, 0.1) is 0 Å². The average molecular weight is 458 g/mol. The van der Waals surface area contributed by atoms with E-state index in [1.807, 2.05) is 0 Å². The first-order valence-corrected chi connectivity index (χ1v) is 8.63. The lowest BCUT2D eigenvalue weighted by Gasteiger charge is -2.13. The molecular weight excluding hydrogens is 446 g/mol. The minimum absolute atomic E-state index is 0.0598. The van der Waals surface area contributed by atoms with Gasteiger partial charge in [0.05, 0.1) is 24.4 Å². The highest BCUT2D eigenvalue weighted by Crippen LogP contribution is 2.35. The molecule has 32 heavy (non-hydrogen) atoms. The van der Waals surface area contributed by atoms with E-state index in [-0.39, 0.29) is 23.1 Å². The Bertz CT molecular complexity index is 1100. The summed E-state index contributed by atoms with van der Waals surface area (Å²) >= 11 is 0. The number of methoxy groups -OCH3 is 1. The Kier molecular flexibility index (Phi) is 6.23. The largest absolute Gasteiger partial charge is 0.464 e. The van der Waals surface area contributed by atoms with Crippen molar-refractivity contribution in [1.82, 2.24) is 9.97 Å². The van der Waals surface area contributed by atoms with Gasteiger partial charge in [-0.2, -0.15) is 31.3 Å². The van der Waals surface area contributed by atoms with Crippen molar-refractivity contribution in [2.75, 3.05) is 7.11 Å². The SMILES string of the molecule is COC(=O)c1cnc(Oc2ccc(C(F)(F)F)cc2)c(Oc2ccc(C(F)(F)F)cc2)n1. The molecule has 0 N–H and O–H groups in total. The summed E-state index contributed by atoms with van der Waals surface area (Å²) in [7, 11) is 1.09. The first-order valence-electron chi connectivity index (χ1n) is 8.63. The standard InChI is InChI=1S/C20H12F6N2O4/c1-30-18(29)15-10-27-16(31-13-6-2-11(3-7-13)19(21,22)23)17(28-15)32-14-8-4-12(5-9-14)20(24,25)26/h2-10H,1H3. The molecule has 1 aromatic heterocycles. The maximum absolute atomic E-state index is 12.7. The molecule has 0 fully saturated rings. The molecule has 168 valence electrons. The molecule has 0 atom stereocenters. The summed E-state index contributed by atoms with van der Waals surface area (Å²) in [5.41, 5.74) is -2.12. The summed E-state index contributed by atoms with van der Waals surface area (Å²) in [6.45, 7) is 0. The van der Waals surface area contributed by atoms with Crippen molar-refractivity contribution in [2.45, 2.75) is 12.4 Å². The Hall–Kier alpha value is -3.83. The number of nitrogens with zero attached hydrogens (tertiary/aromatic N) is 2. The van der Waals surface area contributed by atoms with Gasteiger partial charge in [-0.25, -0.2) is 9.78 Å².